The smallest absolute Gasteiger partial charge is 0.161 e. The number of nitrogens with zero attached hydrogens (tertiary/aromatic N) is 3. The molecule has 2 aliphatic heterocycles. The molecule has 2 aromatic rings. The van der Waals surface area contributed by atoms with Crippen molar-refractivity contribution < 1.29 is 9.47 Å². The molecule has 0 bridgehead atoms. The molecule has 0 spiro atoms. The highest BCUT2D eigenvalue weighted by Crippen LogP contribution is 2.44. The third kappa shape index (κ3) is 4.16. The molecule has 0 radical (unpaired) electrons. The van der Waals surface area contributed by atoms with Crippen LogP contribution in [0.4, 0.5) is 0 Å². The van der Waals surface area contributed by atoms with Crippen LogP contribution in [0, 0.1) is 0 Å². The highest BCUT2D eigenvalue weighted by Gasteiger charge is 2.34. The van der Waals surface area contributed by atoms with E-state index >= 15 is 0 Å². The van der Waals surface area contributed by atoms with Crippen LogP contribution in [0.1, 0.15) is 53.9 Å². The summed E-state index contributed by atoms with van der Waals surface area (Å²) >= 11 is 0. The molecule has 5 nitrogen and oxygen atoms in total. The van der Waals surface area contributed by atoms with E-state index in [9.17, 15) is 0 Å². The average molecular weight is 434 g/mol. The van der Waals surface area contributed by atoms with Crippen LogP contribution in [0.5, 0.6) is 11.5 Å². The van der Waals surface area contributed by atoms with Crippen molar-refractivity contribution in [3.05, 3.63) is 58.7 Å². The van der Waals surface area contributed by atoms with E-state index in [-0.39, 0.29) is 0 Å². The first-order valence-corrected chi connectivity index (χ1v) is 12.0. The predicted molar refractivity (Wildman–Crippen MR) is 129 cm³/mol. The van der Waals surface area contributed by atoms with E-state index in [2.05, 4.69) is 53.2 Å². The minimum Gasteiger partial charge on any atom is -0.493 e. The SMILES string of the molecule is COc1cc2c(cc1OC)C1CCCCC1N=C2c1ccc(CN2CCN(C)CC2)cc1. The molecular formula is C27H35N3O2. The molecule has 0 amide bonds. The quantitative estimate of drug-likeness (QED) is 0.703. The van der Waals surface area contributed by atoms with Crippen LogP contribution in [0.25, 0.3) is 0 Å². The molecule has 1 saturated carbocycles. The lowest BCUT2D eigenvalue weighted by atomic mass is 9.75. The van der Waals surface area contributed by atoms with Crippen LogP contribution in [0.2, 0.25) is 0 Å². The summed E-state index contributed by atoms with van der Waals surface area (Å²) in [5, 5.41) is 0. The van der Waals surface area contributed by atoms with Crippen LogP contribution in [-0.4, -0.2) is 69.0 Å². The summed E-state index contributed by atoms with van der Waals surface area (Å²) < 4.78 is 11.3. The van der Waals surface area contributed by atoms with Gasteiger partial charge < -0.3 is 14.4 Å². The number of piperazine rings is 1. The Bertz CT molecular complexity index is 977. The topological polar surface area (TPSA) is 37.3 Å². The summed E-state index contributed by atoms with van der Waals surface area (Å²) in [6.45, 7) is 5.61. The molecule has 0 aromatic heterocycles. The van der Waals surface area contributed by atoms with Crippen LogP contribution in [0.15, 0.2) is 41.4 Å². The Balaban J connectivity index is 1.45. The van der Waals surface area contributed by atoms with E-state index in [1.54, 1.807) is 14.2 Å². The molecular weight excluding hydrogens is 398 g/mol. The van der Waals surface area contributed by atoms with Gasteiger partial charge in [-0.2, -0.15) is 0 Å². The van der Waals surface area contributed by atoms with Crippen molar-refractivity contribution in [1.29, 1.82) is 0 Å². The maximum absolute atomic E-state index is 5.64. The molecule has 1 aliphatic carbocycles. The van der Waals surface area contributed by atoms with Crippen molar-refractivity contribution in [1.82, 2.24) is 9.80 Å². The number of rotatable bonds is 5. The fourth-order valence-electron chi connectivity index (χ4n) is 5.53. The molecule has 0 N–H and O–H groups in total. The van der Waals surface area contributed by atoms with Gasteiger partial charge in [0.1, 0.15) is 0 Å². The molecule has 2 atom stereocenters. The van der Waals surface area contributed by atoms with Gasteiger partial charge in [0.15, 0.2) is 11.5 Å². The molecule has 2 fully saturated rings. The fraction of sp³-hybridized carbons (Fsp3) is 0.519. The number of hydrogen-bond donors (Lipinski definition) is 0. The van der Waals surface area contributed by atoms with Crippen molar-refractivity contribution in [2.75, 3.05) is 47.4 Å². The minimum atomic E-state index is 0.370. The number of likely N-dealkylation sites (N-methyl/N-ethyl adjacent to an activating group) is 1. The Labute approximate surface area is 192 Å². The van der Waals surface area contributed by atoms with E-state index in [1.807, 2.05) is 0 Å². The Morgan fingerprint density at radius 2 is 1.59 bits per heavy atom. The Morgan fingerprint density at radius 1 is 0.906 bits per heavy atom. The summed E-state index contributed by atoms with van der Waals surface area (Å²) in [6, 6.07) is 13.8. The van der Waals surface area contributed by atoms with Crippen molar-refractivity contribution >= 4 is 5.71 Å². The Hall–Kier alpha value is -2.37. The van der Waals surface area contributed by atoms with E-state index in [1.165, 1.54) is 47.9 Å². The van der Waals surface area contributed by atoms with Gasteiger partial charge in [0.25, 0.3) is 0 Å². The van der Waals surface area contributed by atoms with Crippen LogP contribution in [-0.2, 0) is 6.54 Å². The predicted octanol–water partition coefficient (Wildman–Crippen LogP) is 4.33. The molecule has 5 heteroatoms. The maximum atomic E-state index is 5.64. The monoisotopic (exact) mass is 433 g/mol. The zero-order valence-electron chi connectivity index (χ0n) is 19.6. The molecule has 5 rings (SSSR count). The molecule has 2 unspecified atom stereocenters. The minimum absolute atomic E-state index is 0.370. The fourth-order valence-corrected chi connectivity index (χ4v) is 5.53. The second kappa shape index (κ2) is 9.24. The molecule has 3 aliphatic rings. The maximum Gasteiger partial charge on any atom is 0.161 e. The number of benzene rings is 2. The van der Waals surface area contributed by atoms with Gasteiger partial charge in [-0.3, -0.25) is 9.89 Å². The number of hydrogen-bond acceptors (Lipinski definition) is 5. The van der Waals surface area contributed by atoms with Crippen molar-refractivity contribution in [3.63, 3.8) is 0 Å². The zero-order valence-corrected chi connectivity index (χ0v) is 19.6. The summed E-state index contributed by atoms with van der Waals surface area (Å²) in [5.41, 5.74) is 6.26. The van der Waals surface area contributed by atoms with Gasteiger partial charge in [-0.25, -0.2) is 0 Å². The summed E-state index contributed by atoms with van der Waals surface area (Å²) in [6.07, 6.45) is 4.92. The molecule has 2 heterocycles. The van der Waals surface area contributed by atoms with Gasteiger partial charge in [0, 0.05) is 49.8 Å². The third-order valence-electron chi connectivity index (χ3n) is 7.46. The average Bonchev–Trinajstić information content (AvgIpc) is 2.84. The summed E-state index contributed by atoms with van der Waals surface area (Å²) in [5.74, 6) is 2.08. The summed E-state index contributed by atoms with van der Waals surface area (Å²) in [7, 11) is 5.64. The lowest BCUT2D eigenvalue weighted by Gasteiger charge is -2.36. The van der Waals surface area contributed by atoms with Gasteiger partial charge in [0.2, 0.25) is 0 Å². The van der Waals surface area contributed by atoms with Crippen molar-refractivity contribution in [3.8, 4) is 11.5 Å². The Morgan fingerprint density at radius 3 is 2.31 bits per heavy atom. The van der Waals surface area contributed by atoms with Crippen molar-refractivity contribution in [2.24, 2.45) is 4.99 Å². The zero-order chi connectivity index (χ0) is 22.1. The first-order chi connectivity index (χ1) is 15.7. The van der Waals surface area contributed by atoms with E-state index in [0.717, 1.165) is 49.9 Å². The molecule has 32 heavy (non-hydrogen) atoms. The highest BCUT2D eigenvalue weighted by atomic mass is 16.5. The van der Waals surface area contributed by atoms with Crippen LogP contribution in [0.3, 0.4) is 0 Å². The molecule has 2 aromatic carbocycles. The number of ether oxygens (including phenoxy) is 2. The van der Waals surface area contributed by atoms with Crippen molar-refractivity contribution in [2.45, 2.75) is 44.2 Å². The molecule has 1 saturated heterocycles. The Kier molecular flexibility index (Phi) is 6.20. The van der Waals surface area contributed by atoms with Gasteiger partial charge in [-0.1, -0.05) is 37.1 Å². The van der Waals surface area contributed by atoms with Crippen LogP contribution >= 0.6 is 0 Å². The normalized spacial score (nSPS) is 23.8. The standard InChI is InChI=1S/C27H35N3O2/c1-29-12-14-30(15-13-29)18-19-8-10-20(11-9-19)27-23-17-26(32-3)25(31-2)16-22(23)21-6-4-5-7-24(21)28-27/h8-11,16-17,21,24H,4-7,12-15,18H2,1-3H3. The van der Waals surface area contributed by atoms with Crippen LogP contribution < -0.4 is 9.47 Å². The largest absolute Gasteiger partial charge is 0.493 e. The van der Waals surface area contributed by atoms with E-state index < -0.39 is 0 Å². The van der Waals surface area contributed by atoms with E-state index in [4.69, 9.17) is 14.5 Å². The number of fused-ring (bicyclic) bond motifs is 3. The lowest BCUT2D eigenvalue weighted by molar-refractivity contribution is 0.148. The van der Waals surface area contributed by atoms with Gasteiger partial charge in [0.05, 0.1) is 26.0 Å². The lowest BCUT2D eigenvalue weighted by Crippen LogP contribution is -2.43. The second-order valence-electron chi connectivity index (χ2n) is 9.51. The molecule has 170 valence electrons. The van der Waals surface area contributed by atoms with Gasteiger partial charge in [-0.15, -0.1) is 0 Å². The van der Waals surface area contributed by atoms with Gasteiger partial charge in [-0.05, 0) is 43.1 Å². The summed E-state index contributed by atoms with van der Waals surface area (Å²) in [4.78, 5) is 10.3. The first kappa shape index (κ1) is 21.5. The number of aliphatic imine (C=N–C) groups is 1. The van der Waals surface area contributed by atoms with E-state index in [0.29, 0.717) is 12.0 Å². The third-order valence-corrected chi connectivity index (χ3v) is 7.46. The first-order valence-electron chi connectivity index (χ1n) is 12.0. The second-order valence-corrected chi connectivity index (χ2v) is 9.51. The highest BCUT2D eigenvalue weighted by molar-refractivity contribution is 6.15. The number of methoxy groups -OCH3 is 2. The van der Waals surface area contributed by atoms with Gasteiger partial charge >= 0.3 is 0 Å².